The van der Waals surface area contributed by atoms with Crippen molar-refractivity contribution in [1.82, 2.24) is 4.57 Å². The number of thiophene rings is 1. The summed E-state index contributed by atoms with van der Waals surface area (Å²) in [6, 6.07) is 65.5. The van der Waals surface area contributed by atoms with E-state index in [0.29, 0.717) is 0 Å². The van der Waals surface area contributed by atoms with Crippen LogP contribution in [0.25, 0.3) is 80.7 Å². The van der Waals surface area contributed by atoms with E-state index in [9.17, 15) is 0 Å². The number of rotatable bonds is 5. The molecule has 0 aliphatic heterocycles. The van der Waals surface area contributed by atoms with Gasteiger partial charge in [0.15, 0.2) is 0 Å². The van der Waals surface area contributed by atoms with Gasteiger partial charge in [0.1, 0.15) is 11.2 Å². The lowest BCUT2D eigenvalue weighted by molar-refractivity contribution is 0.669. The highest BCUT2D eigenvalue weighted by atomic mass is 32.1. The average Bonchev–Trinajstić information content (AvgIpc) is 3.88. The fourth-order valence-corrected chi connectivity index (χ4v) is 9.17. The van der Waals surface area contributed by atoms with Crippen LogP contribution < -0.4 is 4.90 Å². The van der Waals surface area contributed by atoms with Crippen molar-refractivity contribution >= 4 is 92.3 Å². The fraction of sp³-hybridized carbons (Fsp3) is 0. The standard InChI is InChI=1S/C48H30N2OS/c1-2-11-31(12-3-1)32-21-23-33(24-22-32)50-41-16-7-4-13-36(41)40-29-34(26-28-42(40)50)49(35-25-27-38-37-14-6-9-20-46(37)52-47(38)30-35)43-17-10-19-45-48(43)39-15-5-8-18-44(39)51-45/h1-30H. The Bertz CT molecular complexity index is 3130. The van der Waals surface area contributed by atoms with E-state index in [1.165, 1.54) is 53.1 Å². The minimum Gasteiger partial charge on any atom is -0.456 e. The summed E-state index contributed by atoms with van der Waals surface area (Å²) in [4.78, 5) is 2.41. The molecule has 11 aromatic rings. The van der Waals surface area contributed by atoms with Gasteiger partial charge in [-0.1, -0.05) is 109 Å². The van der Waals surface area contributed by atoms with Gasteiger partial charge in [-0.05, 0) is 83.9 Å². The number of hydrogen-bond donors (Lipinski definition) is 0. The van der Waals surface area contributed by atoms with Crippen LogP contribution in [0, 0.1) is 0 Å². The third kappa shape index (κ3) is 4.45. The van der Waals surface area contributed by atoms with Gasteiger partial charge in [0.2, 0.25) is 0 Å². The van der Waals surface area contributed by atoms with Crippen molar-refractivity contribution in [3.63, 3.8) is 0 Å². The fourth-order valence-electron chi connectivity index (χ4n) is 8.03. The SMILES string of the molecule is c1ccc(-c2ccc(-n3c4ccccc4c4cc(N(c5ccc6c(c5)sc5ccccc56)c5cccc6oc7ccccc7c56)ccc43)cc2)cc1. The first kappa shape index (κ1) is 29.1. The summed E-state index contributed by atoms with van der Waals surface area (Å²) in [5.74, 6) is 0. The molecule has 52 heavy (non-hydrogen) atoms. The molecule has 4 heteroatoms. The van der Waals surface area contributed by atoms with E-state index in [4.69, 9.17) is 4.42 Å². The van der Waals surface area contributed by atoms with E-state index < -0.39 is 0 Å². The molecule has 0 amide bonds. The number of fused-ring (bicyclic) bond motifs is 9. The second-order valence-electron chi connectivity index (χ2n) is 13.3. The van der Waals surface area contributed by atoms with Gasteiger partial charge in [0, 0.05) is 53.4 Å². The molecular formula is C48H30N2OS. The molecule has 0 aliphatic carbocycles. The zero-order valence-corrected chi connectivity index (χ0v) is 28.8. The number of aromatic nitrogens is 1. The van der Waals surface area contributed by atoms with E-state index in [0.717, 1.165) is 44.7 Å². The summed E-state index contributed by atoms with van der Waals surface area (Å²) in [6.45, 7) is 0. The molecule has 0 bridgehead atoms. The largest absolute Gasteiger partial charge is 0.456 e. The predicted molar refractivity (Wildman–Crippen MR) is 221 cm³/mol. The average molecular weight is 683 g/mol. The Labute approximate surface area is 303 Å². The molecule has 11 rings (SSSR count). The van der Waals surface area contributed by atoms with Crippen LogP contribution >= 0.6 is 11.3 Å². The summed E-state index contributed by atoms with van der Waals surface area (Å²) in [6.07, 6.45) is 0. The first-order chi connectivity index (χ1) is 25.8. The highest BCUT2D eigenvalue weighted by molar-refractivity contribution is 7.25. The number of nitrogens with zero attached hydrogens (tertiary/aromatic N) is 2. The maximum Gasteiger partial charge on any atom is 0.137 e. The molecule has 0 saturated heterocycles. The van der Waals surface area contributed by atoms with Crippen LogP contribution in [0.4, 0.5) is 17.1 Å². The normalized spacial score (nSPS) is 11.8. The molecule has 3 heterocycles. The number of para-hydroxylation sites is 2. The minimum atomic E-state index is 0.878. The smallest absolute Gasteiger partial charge is 0.137 e. The Morgan fingerprint density at radius 1 is 0.423 bits per heavy atom. The molecule has 0 N–H and O–H groups in total. The molecular weight excluding hydrogens is 653 g/mol. The van der Waals surface area contributed by atoms with E-state index in [1.807, 2.05) is 17.4 Å². The maximum absolute atomic E-state index is 6.41. The lowest BCUT2D eigenvalue weighted by atomic mass is 10.1. The molecule has 0 spiro atoms. The first-order valence-corrected chi connectivity index (χ1v) is 18.4. The highest BCUT2D eigenvalue weighted by Gasteiger charge is 2.22. The summed E-state index contributed by atoms with van der Waals surface area (Å²) in [7, 11) is 0. The molecule has 0 aliphatic rings. The quantitative estimate of drug-likeness (QED) is 0.180. The third-order valence-electron chi connectivity index (χ3n) is 10.4. The number of benzene rings is 8. The van der Waals surface area contributed by atoms with Gasteiger partial charge in [-0.25, -0.2) is 0 Å². The number of furan rings is 1. The van der Waals surface area contributed by atoms with Crippen LogP contribution in [-0.4, -0.2) is 4.57 Å². The van der Waals surface area contributed by atoms with Gasteiger partial charge in [0.25, 0.3) is 0 Å². The third-order valence-corrected chi connectivity index (χ3v) is 11.5. The lowest BCUT2D eigenvalue weighted by Gasteiger charge is -2.26. The number of hydrogen-bond acceptors (Lipinski definition) is 3. The minimum absolute atomic E-state index is 0.878. The molecule has 0 saturated carbocycles. The van der Waals surface area contributed by atoms with Gasteiger partial charge >= 0.3 is 0 Å². The maximum atomic E-state index is 6.41. The Kier molecular flexibility index (Phi) is 6.42. The van der Waals surface area contributed by atoms with Gasteiger partial charge in [0.05, 0.1) is 22.1 Å². The van der Waals surface area contributed by atoms with Crippen molar-refractivity contribution in [2.75, 3.05) is 4.90 Å². The first-order valence-electron chi connectivity index (χ1n) is 17.6. The molecule has 3 nitrogen and oxygen atoms in total. The van der Waals surface area contributed by atoms with E-state index in [2.05, 4.69) is 185 Å². The van der Waals surface area contributed by atoms with Crippen LogP contribution in [0.5, 0.6) is 0 Å². The lowest BCUT2D eigenvalue weighted by Crippen LogP contribution is -2.10. The van der Waals surface area contributed by atoms with E-state index >= 15 is 0 Å². The zero-order valence-electron chi connectivity index (χ0n) is 28.0. The van der Waals surface area contributed by atoms with Crippen molar-refractivity contribution in [2.24, 2.45) is 0 Å². The summed E-state index contributed by atoms with van der Waals surface area (Å²) in [5, 5.41) is 7.23. The number of anilines is 3. The van der Waals surface area contributed by atoms with Crippen LogP contribution in [0.1, 0.15) is 0 Å². The van der Waals surface area contributed by atoms with Gasteiger partial charge in [-0.2, -0.15) is 0 Å². The van der Waals surface area contributed by atoms with Gasteiger partial charge in [-0.15, -0.1) is 11.3 Å². The summed E-state index contributed by atoms with van der Waals surface area (Å²) < 4.78 is 11.4. The predicted octanol–water partition coefficient (Wildman–Crippen LogP) is 14.2. The highest BCUT2D eigenvalue weighted by Crippen LogP contribution is 2.46. The zero-order chi connectivity index (χ0) is 34.2. The van der Waals surface area contributed by atoms with Crippen molar-refractivity contribution in [1.29, 1.82) is 0 Å². The molecule has 0 fully saturated rings. The van der Waals surface area contributed by atoms with Crippen LogP contribution in [0.3, 0.4) is 0 Å². The molecule has 0 unspecified atom stereocenters. The monoisotopic (exact) mass is 682 g/mol. The Balaban J connectivity index is 1.14. The summed E-state index contributed by atoms with van der Waals surface area (Å²) >= 11 is 1.85. The van der Waals surface area contributed by atoms with E-state index in [1.54, 1.807) is 0 Å². The van der Waals surface area contributed by atoms with Gasteiger partial charge in [-0.3, -0.25) is 0 Å². The molecule has 3 aromatic heterocycles. The molecule has 0 atom stereocenters. The van der Waals surface area contributed by atoms with Gasteiger partial charge < -0.3 is 13.9 Å². The second kappa shape index (κ2) is 11.5. The van der Waals surface area contributed by atoms with E-state index in [-0.39, 0.29) is 0 Å². The Morgan fingerprint density at radius 2 is 1.08 bits per heavy atom. The van der Waals surface area contributed by atoms with Crippen molar-refractivity contribution in [3.8, 4) is 16.8 Å². The molecule has 244 valence electrons. The Morgan fingerprint density at radius 3 is 1.96 bits per heavy atom. The van der Waals surface area contributed by atoms with Crippen molar-refractivity contribution < 1.29 is 4.42 Å². The van der Waals surface area contributed by atoms with Crippen LogP contribution in [-0.2, 0) is 0 Å². The topological polar surface area (TPSA) is 21.3 Å². The second-order valence-corrected chi connectivity index (χ2v) is 14.4. The molecule has 8 aromatic carbocycles. The van der Waals surface area contributed by atoms with Crippen LogP contribution in [0.2, 0.25) is 0 Å². The Hall–Kier alpha value is -6.62. The molecule has 0 radical (unpaired) electrons. The van der Waals surface area contributed by atoms with Crippen molar-refractivity contribution in [3.05, 3.63) is 182 Å². The summed E-state index contributed by atoms with van der Waals surface area (Å²) in [5.41, 5.74) is 11.0. The van der Waals surface area contributed by atoms with Crippen molar-refractivity contribution in [2.45, 2.75) is 0 Å². The van der Waals surface area contributed by atoms with Crippen LogP contribution in [0.15, 0.2) is 186 Å².